The number of nitrogens with one attached hydrogen (secondary N) is 1. The van der Waals surface area contributed by atoms with Crippen LogP contribution in [0.4, 0.5) is 4.39 Å². The number of amides is 2. The van der Waals surface area contributed by atoms with Gasteiger partial charge in [-0.2, -0.15) is 0 Å². The lowest BCUT2D eigenvalue weighted by atomic mass is 10.0. The van der Waals surface area contributed by atoms with Gasteiger partial charge in [-0.25, -0.2) is 4.39 Å². The van der Waals surface area contributed by atoms with Crippen molar-refractivity contribution >= 4 is 11.8 Å². The number of hydrogen-bond acceptors (Lipinski definition) is 2. The second kappa shape index (κ2) is 7.92. The highest BCUT2D eigenvalue weighted by atomic mass is 19.1. The van der Waals surface area contributed by atoms with Crippen LogP contribution in [0.1, 0.15) is 38.2 Å². The summed E-state index contributed by atoms with van der Waals surface area (Å²) >= 11 is 0. The van der Waals surface area contributed by atoms with E-state index in [2.05, 4.69) is 5.32 Å². The van der Waals surface area contributed by atoms with Gasteiger partial charge in [-0.15, -0.1) is 0 Å². The maximum absolute atomic E-state index is 13.1. The van der Waals surface area contributed by atoms with E-state index in [4.69, 9.17) is 0 Å². The van der Waals surface area contributed by atoms with Gasteiger partial charge >= 0.3 is 0 Å². The number of aryl methyl sites for hydroxylation is 1. The quantitative estimate of drug-likeness (QED) is 0.907. The third kappa shape index (κ3) is 4.83. The highest BCUT2D eigenvalue weighted by Crippen LogP contribution is 2.13. The number of nitrogens with zero attached hydrogens (tertiary/aromatic N) is 1. The molecule has 1 aromatic rings. The number of carbonyl (C=O) groups excluding carboxylic acids is 2. The van der Waals surface area contributed by atoms with Gasteiger partial charge in [0, 0.05) is 32.0 Å². The molecular weight excluding hydrogens is 283 g/mol. The summed E-state index contributed by atoms with van der Waals surface area (Å²) < 4.78 is 13.1. The molecule has 0 bridgehead atoms. The Hall–Kier alpha value is -1.91. The van der Waals surface area contributed by atoms with Crippen LogP contribution in [0.15, 0.2) is 24.3 Å². The fraction of sp³-hybridized carbons (Fsp3) is 0.529. The summed E-state index contributed by atoms with van der Waals surface area (Å²) in [4.78, 5) is 25.4. The zero-order valence-electron chi connectivity index (χ0n) is 13.0. The molecule has 2 rings (SSSR count). The monoisotopic (exact) mass is 306 g/mol. The highest BCUT2D eigenvalue weighted by Gasteiger charge is 2.23. The smallest absolute Gasteiger partial charge is 0.222 e. The SMILES string of the molecule is CCC(=O)NC1CCN(C(=O)CCc2cccc(F)c2)CC1. The van der Waals surface area contributed by atoms with E-state index >= 15 is 0 Å². The minimum atomic E-state index is -0.266. The number of rotatable bonds is 5. The molecule has 4 nitrogen and oxygen atoms in total. The molecule has 1 aliphatic heterocycles. The van der Waals surface area contributed by atoms with E-state index in [1.165, 1.54) is 12.1 Å². The van der Waals surface area contributed by atoms with Gasteiger partial charge in [-0.1, -0.05) is 19.1 Å². The molecule has 0 atom stereocenters. The molecule has 1 fully saturated rings. The molecule has 5 heteroatoms. The molecule has 0 spiro atoms. The van der Waals surface area contributed by atoms with Gasteiger partial charge in [-0.05, 0) is 37.0 Å². The molecule has 0 aliphatic carbocycles. The van der Waals surface area contributed by atoms with Crippen molar-refractivity contribution < 1.29 is 14.0 Å². The lowest BCUT2D eigenvalue weighted by molar-refractivity contribution is -0.132. The van der Waals surface area contributed by atoms with Crippen molar-refractivity contribution in [2.75, 3.05) is 13.1 Å². The first kappa shape index (κ1) is 16.5. The van der Waals surface area contributed by atoms with Crippen LogP contribution in [0, 0.1) is 5.82 Å². The summed E-state index contributed by atoms with van der Waals surface area (Å²) in [5, 5.41) is 2.97. The number of benzene rings is 1. The van der Waals surface area contributed by atoms with Gasteiger partial charge in [0.25, 0.3) is 0 Å². The molecule has 0 aromatic heterocycles. The predicted molar refractivity (Wildman–Crippen MR) is 82.8 cm³/mol. The standard InChI is InChI=1S/C17H23FN2O2/c1-2-16(21)19-15-8-10-20(11-9-15)17(22)7-6-13-4-3-5-14(18)12-13/h3-5,12,15H,2,6-11H2,1H3,(H,19,21). The molecule has 1 saturated heterocycles. The van der Waals surface area contributed by atoms with E-state index in [0.717, 1.165) is 18.4 Å². The van der Waals surface area contributed by atoms with E-state index in [-0.39, 0.29) is 23.7 Å². The Balaban J connectivity index is 1.74. The molecule has 1 aromatic carbocycles. The molecular formula is C17H23FN2O2. The number of hydrogen-bond donors (Lipinski definition) is 1. The van der Waals surface area contributed by atoms with Crippen molar-refractivity contribution in [1.29, 1.82) is 0 Å². The first-order chi connectivity index (χ1) is 10.6. The van der Waals surface area contributed by atoms with Gasteiger partial charge in [-0.3, -0.25) is 9.59 Å². The Morgan fingerprint density at radius 1 is 1.32 bits per heavy atom. The number of likely N-dealkylation sites (tertiary alicyclic amines) is 1. The first-order valence-corrected chi connectivity index (χ1v) is 7.90. The summed E-state index contributed by atoms with van der Waals surface area (Å²) in [7, 11) is 0. The largest absolute Gasteiger partial charge is 0.353 e. The Bertz CT molecular complexity index is 525. The van der Waals surface area contributed by atoms with Gasteiger partial charge in [0.2, 0.25) is 11.8 Å². The van der Waals surface area contributed by atoms with E-state index < -0.39 is 0 Å². The minimum absolute atomic E-state index is 0.0656. The van der Waals surface area contributed by atoms with Crippen LogP contribution in [0.3, 0.4) is 0 Å². The van der Waals surface area contributed by atoms with Crippen LogP contribution in [-0.4, -0.2) is 35.8 Å². The fourth-order valence-corrected chi connectivity index (χ4v) is 2.70. The van der Waals surface area contributed by atoms with Gasteiger partial charge in [0.1, 0.15) is 5.82 Å². The molecule has 1 N–H and O–H groups in total. The van der Waals surface area contributed by atoms with Crippen LogP contribution >= 0.6 is 0 Å². The number of halogens is 1. The van der Waals surface area contributed by atoms with Crippen molar-refractivity contribution in [2.45, 2.75) is 45.1 Å². The van der Waals surface area contributed by atoms with Crippen LogP contribution in [-0.2, 0) is 16.0 Å². The summed E-state index contributed by atoms with van der Waals surface area (Å²) in [5.74, 6) is -0.0992. The molecule has 1 aliphatic rings. The lowest BCUT2D eigenvalue weighted by Crippen LogP contribution is -2.46. The van der Waals surface area contributed by atoms with Crippen molar-refractivity contribution in [3.63, 3.8) is 0 Å². The lowest BCUT2D eigenvalue weighted by Gasteiger charge is -2.32. The maximum Gasteiger partial charge on any atom is 0.222 e. The normalized spacial score (nSPS) is 15.6. The maximum atomic E-state index is 13.1. The Labute approximate surface area is 130 Å². The van der Waals surface area contributed by atoms with E-state index in [1.807, 2.05) is 17.9 Å². The zero-order valence-corrected chi connectivity index (χ0v) is 13.0. The molecule has 22 heavy (non-hydrogen) atoms. The number of piperidine rings is 1. The van der Waals surface area contributed by atoms with E-state index in [0.29, 0.717) is 32.4 Å². The van der Waals surface area contributed by atoms with Crippen LogP contribution in [0.2, 0.25) is 0 Å². The zero-order chi connectivity index (χ0) is 15.9. The van der Waals surface area contributed by atoms with Gasteiger partial charge < -0.3 is 10.2 Å². The van der Waals surface area contributed by atoms with E-state index in [1.54, 1.807) is 6.07 Å². The summed E-state index contributed by atoms with van der Waals surface area (Å²) in [6.45, 7) is 3.19. The topological polar surface area (TPSA) is 49.4 Å². The molecule has 0 radical (unpaired) electrons. The van der Waals surface area contributed by atoms with Crippen LogP contribution in [0.5, 0.6) is 0 Å². The molecule has 2 amide bonds. The Morgan fingerprint density at radius 2 is 2.05 bits per heavy atom. The third-order valence-electron chi connectivity index (χ3n) is 4.05. The van der Waals surface area contributed by atoms with Crippen molar-refractivity contribution in [2.24, 2.45) is 0 Å². The third-order valence-corrected chi connectivity index (χ3v) is 4.05. The van der Waals surface area contributed by atoms with Crippen LogP contribution < -0.4 is 5.32 Å². The average Bonchev–Trinajstić information content (AvgIpc) is 2.53. The van der Waals surface area contributed by atoms with Crippen molar-refractivity contribution in [1.82, 2.24) is 10.2 Å². The van der Waals surface area contributed by atoms with Gasteiger partial charge in [0.15, 0.2) is 0 Å². The van der Waals surface area contributed by atoms with Crippen molar-refractivity contribution in [3.8, 4) is 0 Å². The average molecular weight is 306 g/mol. The molecule has 120 valence electrons. The van der Waals surface area contributed by atoms with Crippen LogP contribution in [0.25, 0.3) is 0 Å². The molecule has 1 heterocycles. The summed E-state index contributed by atoms with van der Waals surface area (Å²) in [6.07, 6.45) is 3.06. The summed E-state index contributed by atoms with van der Waals surface area (Å²) in [5.41, 5.74) is 0.846. The Morgan fingerprint density at radius 3 is 2.68 bits per heavy atom. The van der Waals surface area contributed by atoms with Crippen molar-refractivity contribution in [3.05, 3.63) is 35.6 Å². The molecule has 0 unspecified atom stereocenters. The first-order valence-electron chi connectivity index (χ1n) is 7.90. The predicted octanol–water partition coefficient (Wildman–Crippen LogP) is 2.28. The van der Waals surface area contributed by atoms with Gasteiger partial charge in [0.05, 0.1) is 0 Å². The Kier molecular flexibility index (Phi) is 5.92. The highest BCUT2D eigenvalue weighted by molar-refractivity contribution is 5.77. The minimum Gasteiger partial charge on any atom is -0.353 e. The number of carbonyl (C=O) groups is 2. The van der Waals surface area contributed by atoms with E-state index in [9.17, 15) is 14.0 Å². The molecule has 0 saturated carbocycles. The fourth-order valence-electron chi connectivity index (χ4n) is 2.70. The second-order valence-electron chi connectivity index (χ2n) is 5.71. The second-order valence-corrected chi connectivity index (χ2v) is 5.71. The summed E-state index contributed by atoms with van der Waals surface area (Å²) in [6, 6.07) is 6.56.